The Labute approximate surface area is 177 Å². The molecule has 1 aromatic carbocycles. The summed E-state index contributed by atoms with van der Waals surface area (Å²) in [6.45, 7) is 4.18. The predicted molar refractivity (Wildman–Crippen MR) is 122 cm³/mol. The molecule has 0 spiro atoms. The Balaban J connectivity index is 2.13. The smallest absolute Gasteiger partial charge is 0.166 e. The molecule has 3 N–H and O–H groups in total. The van der Waals surface area contributed by atoms with Crippen molar-refractivity contribution in [3.8, 4) is 5.75 Å². The molecule has 1 rings (SSSR count). The highest BCUT2D eigenvalue weighted by atomic mass is 35.5. The number of rotatable bonds is 16. The fourth-order valence-corrected chi connectivity index (χ4v) is 4.05. The summed E-state index contributed by atoms with van der Waals surface area (Å²) >= 11 is 6.19. The van der Waals surface area contributed by atoms with Crippen LogP contribution in [0.1, 0.15) is 120 Å². The maximum Gasteiger partial charge on any atom is 0.166 e. The van der Waals surface area contributed by atoms with Crippen molar-refractivity contribution >= 4 is 23.1 Å². The number of hydrogen-bond acceptors (Lipinski definition) is 3. The molecule has 0 unspecified atom stereocenters. The van der Waals surface area contributed by atoms with E-state index in [0.717, 1.165) is 12.8 Å². The van der Waals surface area contributed by atoms with E-state index >= 15 is 0 Å². The van der Waals surface area contributed by atoms with Gasteiger partial charge < -0.3 is 10.8 Å². The minimum Gasteiger partial charge on any atom is -0.505 e. The molecule has 0 aliphatic heterocycles. The Morgan fingerprint density at radius 1 is 0.893 bits per heavy atom. The lowest BCUT2D eigenvalue weighted by atomic mass is 9.99. The molecule has 0 aliphatic carbocycles. The van der Waals surface area contributed by atoms with Crippen molar-refractivity contribution in [3.63, 3.8) is 0 Å². The SMILES string of the molecule is CCCCCCCCCCCCCCCC(=O)c1cc(Cl)c(CC)c(N)c1O. The molecule has 3 nitrogen and oxygen atoms in total. The van der Waals surface area contributed by atoms with Crippen LogP contribution in [-0.4, -0.2) is 10.9 Å². The van der Waals surface area contributed by atoms with Gasteiger partial charge >= 0.3 is 0 Å². The number of carbonyl (C=O) groups excluding carboxylic acids is 1. The Hall–Kier alpha value is -1.22. The van der Waals surface area contributed by atoms with Crippen LogP contribution in [0.3, 0.4) is 0 Å². The van der Waals surface area contributed by atoms with Gasteiger partial charge in [-0.1, -0.05) is 102 Å². The molecule has 0 bridgehead atoms. The fraction of sp³-hybridized carbons (Fsp3) is 0.708. The Morgan fingerprint density at radius 3 is 1.82 bits per heavy atom. The summed E-state index contributed by atoms with van der Waals surface area (Å²) in [6.07, 6.45) is 17.7. The summed E-state index contributed by atoms with van der Waals surface area (Å²) in [4.78, 5) is 12.4. The number of aromatic hydroxyl groups is 1. The van der Waals surface area contributed by atoms with Gasteiger partial charge in [0, 0.05) is 11.4 Å². The van der Waals surface area contributed by atoms with E-state index in [1.807, 2.05) is 6.92 Å². The van der Waals surface area contributed by atoms with E-state index in [1.165, 1.54) is 70.6 Å². The number of Topliss-reactive ketones (excluding diaryl/α,β-unsaturated/α-hetero) is 1. The van der Waals surface area contributed by atoms with Crippen molar-refractivity contribution in [1.82, 2.24) is 0 Å². The average Bonchev–Trinajstić information content (AvgIpc) is 2.68. The van der Waals surface area contributed by atoms with Crippen molar-refractivity contribution in [2.24, 2.45) is 0 Å². The molecule has 0 saturated heterocycles. The van der Waals surface area contributed by atoms with E-state index in [-0.39, 0.29) is 22.8 Å². The van der Waals surface area contributed by atoms with Crippen molar-refractivity contribution < 1.29 is 9.90 Å². The van der Waals surface area contributed by atoms with E-state index in [0.29, 0.717) is 23.4 Å². The minimum atomic E-state index is -0.110. The molecule has 0 fully saturated rings. The molecule has 0 aromatic heterocycles. The molecule has 0 aliphatic rings. The number of unbranched alkanes of at least 4 members (excludes halogenated alkanes) is 12. The number of ketones is 1. The number of nitrogen functional groups attached to an aromatic ring is 1. The van der Waals surface area contributed by atoms with E-state index in [1.54, 1.807) is 6.07 Å². The van der Waals surface area contributed by atoms with Crippen LogP contribution in [0, 0.1) is 0 Å². The molecule has 0 atom stereocenters. The van der Waals surface area contributed by atoms with Crippen molar-refractivity contribution in [2.45, 2.75) is 110 Å². The summed E-state index contributed by atoms with van der Waals surface area (Å²) < 4.78 is 0. The van der Waals surface area contributed by atoms with E-state index in [9.17, 15) is 9.90 Å². The van der Waals surface area contributed by atoms with Gasteiger partial charge in [0.25, 0.3) is 0 Å². The summed E-state index contributed by atoms with van der Waals surface area (Å²) in [5.41, 5.74) is 7.13. The lowest BCUT2D eigenvalue weighted by molar-refractivity contribution is 0.0976. The Bertz CT molecular complexity index is 586. The van der Waals surface area contributed by atoms with Gasteiger partial charge in [0.2, 0.25) is 0 Å². The van der Waals surface area contributed by atoms with Crippen molar-refractivity contribution in [2.75, 3.05) is 5.73 Å². The van der Waals surface area contributed by atoms with E-state index < -0.39 is 0 Å². The molecule has 4 heteroatoms. The second kappa shape index (κ2) is 14.7. The number of halogens is 1. The quantitative estimate of drug-likeness (QED) is 0.126. The van der Waals surface area contributed by atoms with Gasteiger partial charge in [-0.15, -0.1) is 0 Å². The lowest BCUT2D eigenvalue weighted by Gasteiger charge is -2.12. The van der Waals surface area contributed by atoms with Crippen LogP contribution in [0.15, 0.2) is 6.07 Å². The molecule has 0 saturated carbocycles. The second-order valence-electron chi connectivity index (χ2n) is 7.92. The number of benzene rings is 1. The third-order valence-corrected chi connectivity index (χ3v) is 5.89. The van der Waals surface area contributed by atoms with Crippen LogP contribution in [0.25, 0.3) is 0 Å². The van der Waals surface area contributed by atoms with Gasteiger partial charge in [-0.2, -0.15) is 0 Å². The first-order valence-electron chi connectivity index (χ1n) is 11.4. The Morgan fingerprint density at radius 2 is 1.36 bits per heavy atom. The largest absolute Gasteiger partial charge is 0.505 e. The second-order valence-corrected chi connectivity index (χ2v) is 8.32. The molecular formula is C24H40ClNO2. The monoisotopic (exact) mass is 409 g/mol. The first-order chi connectivity index (χ1) is 13.5. The van der Waals surface area contributed by atoms with Crippen molar-refractivity contribution in [3.05, 3.63) is 22.2 Å². The molecule has 0 heterocycles. The van der Waals surface area contributed by atoms with Gasteiger partial charge in [-0.25, -0.2) is 0 Å². The lowest BCUT2D eigenvalue weighted by Crippen LogP contribution is -2.04. The number of phenolic OH excluding ortho intramolecular Hbond substituents is 1. The zero-order valence-electron chi connectivity index (χ0n) is 18.0. The van der Waals surface area contributed by atoms with Crippen molar-refractivity contribution in [1.29, 1.82) is 0 Å². The zero-order chi connectivity index (χ0) is 20.8. The van der Waals surface area contributed by atoms with Gasteiger partial charge in [-0.3, -0.25) is 4.79 Å². The maximum absolute atomic E-state index is 12.4. The normalized spacial score (nSPS) is 11.1. The molecule has 28 heavy (non-hydrogen) atoms. The van der Waals surface area contributed by atoms with Crippen LogP contribution < -0.4 is 5.73 Å². The van der Waals surface area contributed by atoms with Gasteiger partial charge in [-0.05, 0) is 24.5 Å². The standard InChI is InChI=1S/C24H40ClNO2/c1-3-5-6-7-8-9-10-11-12-13-14-15-16-17-22(27)20-18-21(25)19(4-2)23(26)24(20)28/h18,28H,3-17,26H2,1-2H3. The third kappa shape index (κ3) is 8.86. The van der Waals surface area contributed by atoms with E-state index in [2.05, 4.69) is 6.92 Å². The van der Waals surface area contributed by atoms with E-state index in [4.69, 9.17) is 17.3 Å². The summed E-state index contributed by atoms with van der Waals surface area (Å²) in [6, 6.07) is 1.57. The first-order valence-corrected chi connectivity index (χ1v) is 11.7. The van der Waals surface area contributed by atoms with Gasteiger partial charge in [0.1, 0.15) is 5.75 Å². The minimum absolute atomic E-state index is 0.0724. The summed E-state index contributed by atoms with van der Waals surface area (Å²) in [5.74, 6) is -0.183. The van der Waals surface area contributed by atoms with Crippen LogP contribution in [-0.2, 0) is 6.42 Å². The third-order valence-electron chi connectivity index (χ3n) is 5.56. The molecule has 0 radical (unpaired) electrons. The van der Waals surface area contributed by atoms with Crippen LogP contribution in [0.2, 0.25) is 5.02 Å². The highest BCUT2D eigenvalue weighted by Gasteiger charge is 2.18. The van der Waals surface area contributed by atoms with Gasteiger partial charge in [0.15, 0.2) is 5.78 Å². The molecule has 1 aromatic rings. The number of phenols is 1. The Kier molecular flexibility index (Phi) is 13.1. The number of hydrogen-bond donors (Lipinski definition) is 2. The topological polar surface area (TPSA) is 63.3 Å². The maximum atomic E-state index is 12.4. The van der Waals surface area contributed by atoms with Crippen LogP contribution >= 0.6 is 11.6 Å². The molecule has 160 valence electrons. The first kappa shape index (κ1) is 24.8. The summed E-state index contributed by atoms with van der Waals surface area (Å²) in [5, 5.41) is 10.7. The molecule has 0 amide bonds. The fourth-order valence-electron chi connectivity index (χ4n) is 3.71. The number of carbonyl (C=O) groups is 1. The predicted octanol–water partition coefficient (Wildman–Crippen LogP) is 7.85. The molecular weight excluding hydrogens is 370 g/mol. The average molecular weight is 410 g/mol. The number of nitrogens with two attached hydrogens (primary N) is 1. The number of anilines is 1. The van der Waals surface area contributed by atoms with Crippen LogP contribution in [0.4, 0.5) is 5.69 Å². The van der Waals surface area contributed by atoms with Gasteiger partial charge in [0.05, 0.1) is 11.3 Å². The highest BCUT2D eigenvalue weighted by molar-refractivity contribution is 6.32. The summed E-state index contributed by atoms with van der Waals surface area (Å²) in [7, 11) is 0. The zero-order valence-corrected chi connectivity index (χ0v) is 18.8. The highest BCUT2D eigenvalue weighted by Crippen LogP contribution is 2.35. The van der Waals surface area contributed by atoms with Crippen LogP contribution in [0.5, 0.6) is 5.75 Å².